The number of aliphatic carboxylic acids is 1. The van der Waals surface area contributed by atoms with E-state index in [0.29, 0.717) is 64.2 Å². The molecule has 3 aliphatic heterocycles. The molecule has 23 atom stereocenters. The molecule has 0 aromatic heterocycles. The van der Waals surface area contributed by atoms with Gasteiger partial charge in [-0.15, -0.1) is 0 Å². The van der Waals surface area contributed by atoms with Crippen LogP contribution in [0.4, 0.5) is 0 Å². The van der Waals surface area contributed by atoms with E-state index in [-0.39, 0.29) is 44.9 Å². The molecule has 14 N–H and O–H groups in total. The fourth-order valence-corrected chi connectivity index (χ4v) is 11.0. The Balaban J connectivity index is 2.03. The molecule has 0 aromatic rings. The predicted octanol–water partition coefficient (Wildman–Crippen LogP) is 0.0963. The molecule has 0 aliphatic carbocycles. The molecule has 3 heterocycles. The van der Waals surface area contributed by atoms with Crippen molar-refractivity contribution in [2.45, 2.75) is 330 Å². The summed E-state index contributed by atoms with van der Waals surface area (Å²) in [6.07, 6.45) is -30.6. The van der Waals surface area contributed by atoms with Gasteiger partial charge >= 0.3 is 29.8 Å². The number of carboxylic acids is 1. The lowest BCUT2D eigenvalue weighted by Gasteiger charge is -2.41. The number of hydrogen-bond acceptors (Lipinski definition) is 28. The molecule has 3 fully saturated rings. The van der Waals surface area contributed by atoms with Crippen LogP contribution in [0, 0.1) is 0 Å². The topological polar surface area (TPSA) is 461 Å². The summed E-state index contributed by atoms with van der Waals surface area (Å²) < 4.78 is 58.5. The van der Waals surface area contributed by atoms with Crippen molar-refractivity contribution in [1.29, 1.82) is 0 Å². The predicted molar refractivity (Wildman–Crippen MR) is 308 cm³/mol. The van der Waals surface area contributed by atoms with Gasteiger partial charge in [-0.3, -0.25) is 24.0 Å². The van der Waals surface area contributed by atoms with Crippen LogP contribution >= 0.6 is 0 Å². The zero-order valence-electron chi connectivity index (χ0n) is 52.3. The Morgan fingerprint density at radius 1 is 0.371 bits per heavy atom. The summed E-state index contributed by atoms with van der Waals surface area (Å²) >= 11 is 0. The number of aliphatic hydroxyl groups is 13. The van der Waals surface area contributed by atoms with Crippen molar-refractivity contribution in [3.63, 3.8) is 0 Å². The van der Waals surface area contributed by atoms with Crippen LogP contribution in [0.3, 0.4) is 0 Å². The van der Waals surface area contributed by atoms with E-state index in [1.807, 2.05) is 27.7 Å². The maximum absolute atomic E-state index is 14.5. The van der Waals surface area contributed by atoms with Crippen molar-refractivity contribution >= 4 is 29.8 Å². The average Bonchev–Trinajstić information content (AvgIpc) is 1.29. The van der Waals surface area contributed by atoms with Gasteiger partial charge in [-0.05, 0) is 51.4 Å². The number of carbonyl (C=O) groups excluding carboxylic acids is 4. The van der Waals surface area contributed by atoms with Crippen molar-refractivity contribution in [3.05, 3.63) is 0 Å². The minimum Gasteiger partial charge on any atom is -0.481 e. The van der Waals surface area contributed by atoms with E-state index in [4.69, 9.17) is 47.4 Å². The first kappa shape index (κ1) is 79.8. The molecule has 29 nitrogen and oxygen atoms in total. The summed E-state index contributed by atoms with van der Waals surface area (Å²) in [5, 5.41) is 147. The quantitative estimate of drug-likeness (QED) is 0.0218. The summed E-state index contributed by atoms with van der Waals surface area (Å²) in [6, 6.07) is 0. The minimum atomic E-state index is -1.97. The van der Waals surface area contributed by atoms with E-state index in [2.05, 4.69) is 0 Å². The van der Waals surface area contributed by atoms with Gasteiger partial charge in [-0.25, -0.2) is 0 Å². The molecule has 89 heavy (non-hydrogen) atoms. The highest BCUT2D eigenvalue weighted by molar-refractivity contribution is 5.71. The number of unbranched alkanes of at least 4 members (excludes halogenated alkanes) is 8. The van der Waals surface area contributed by atoms with Gasteiger partial charge in [0, 0.05) is 32.6 Å². The number of aliphatic hydroxyl groups excluding tert-OH is 13. The first-order chi connectivity index (χ1) is 42.3. The molecule has 0 aromatic carbocycles. The first-order valence-electron chi connectivity index (χ1n) is 31.9. The summed E-state index contributed by atoms with van der Waals surface area (Å²) in [7, 11) is 0. The molecule has 520 valence electrons. The zero-order valence-corrected chi connectivity index (χ0v) is 52.3. The summed E-state index contributed by atoms with van der Waals surface area (Å²) in [6.45, 7) is 6.55. The van der Waals surface area contributed by atoms with Gasteiger partial charge in [0.05, 0.1) is 69.9 Å². The second-order valence-electron chi connectivity index (χ2n) is 23.7. The number of carboxylic acid groups (broad SMARTS) is 1. The van der Waals surface area contributed by atoms with Crippen LogP contribution in [0.2, 0.25) is 0 Å². The zero-order chi connectivity index (χ0) is 66.3. The Morgan fingerprint density at radius 2 is 0.652 bits per heavy atom. The van der Waals surface area contributed by atoms with Gasteiger partial charge in [0.2, 0.25) is 0 Å². The van der Waals surface area contributed by atoms with E-state index in [1.165, 1.54) is 6.92 Å². The Morgan fingerprint density at radius 3 is 0.921 bits per heavy atom. The van der Waals surface area contributed by atoms with E-state index in [0.717, 1.165) is 19.3 Å². The largest absolute Gasteiger partial charge is 0.481 e. The van der Waals surface area contributed by atoms with Crippen molar-refractivity contribution in [2.24, 2.45) is 0 Å². The third-order valence-electron chi connectivity index (χ3n) is 16.0. The van der Waals surface area contributed by atoms with E-state index >= 15 is 0 Å². The third kappa shape index (κ3) is 28.4. The van der Waals surface area contributed by atoms with Crippen LogP contribution in [-0.2, 0) is 71.3 Å². The van der Waals surface area contributed by atoms with Crippen LogP contribution in [0.15, 0.2) is 0 Å². The normalized spacial score (nSPS) is 30.0. The van der Waals surface area contributed by atoms with Crippen molar-refractivity contribution in [3.8, 4) is 0 Å². The molecule has 0 radical (unpaired) electrons. The lowest BCUT2D eigenvalue weighted by atomic mass is 9.98. The lowest BCUT2D eigenvalue weighted by molar-refractivity contribution is -0.313. The molecular formula is C60H106O29. The van der Waals surface area contributed by atoms with Crippen molar-refractivity contribution in [2.75, 3.05) is 19.8 Å². The molecule has 0 bridgehead atoms. The van der Waals surface area contributed by atoms with Gasteiger partial charge in [0.15, 0.2) is 18.9 Å². The van der Waals surface area contributed by atoms with E-state index < -0.39 is 216 Å². The lowest BCUT2D eigenvalue weighted by Crippen LogP contribution is -2.60. The van der Waals surface area contributed by atoms with Gasteiger partial charge in [-0.2, -0.15) is 0 Å². The summed E-state index contributed by atoms with van der Waals surface area (Å²) in [5.74, 6) is -4.71. The van der Waals surface area contributed by atoms with Gasteiger partial charge in [-0.1, -0.05) is 79.1 Å². The molecule has 0 spiro atoms. The van der Waals surface area contributed by atoms with Crippen molar-refractivity contribution < 1.29 is 143 Å². The maximum Gasteiger partial charge on any atom is 0.308 e. The standard InChI is InChI=1S/C60H106O29/c1-6-10-14-18-35(80-33(5)64)22-34(65)23-46(68)81-37(20-16-12-8-3)25-40(85-59-56(78)53(75)50(72)43(31-62)88-59)28-48(70)83-38(21-17-13-9-4)26-41(86-60-57(79)54(76)51(73)44(32-63)89-60)29-47(69)82-36(19-15-11-7-2)24-39(27-45(66)67)84-58-55(77)52(74)49(71)42(30-61)87-58/h34-44,49-63,65,71-79H,6-32H2,1-5H3,(H,66,67). The highest BCUT2D eigenvalue weighted by Gasteiger charge is 2.48. The van der Waals surface area contributed by atoms with Gasteiger partial charge in [0.25, 0.3) is 0 Å². The number of rotatable bonds is 45. The average molecular weight is 1290 g/mol. The second-order valence-corrected chi connectivity index (χ2v) is 23.7. The number of esters is 4. The summed E-state index contributed by atoms with van der Waals surface area (Å²) in [4.78, 5) is 66.5. The van der Waals surface area contributed by atoms with Gasteiger partial charge < -0.3 is 119 Å². The Kier molecular flexibility index (Phi) is 38.3. The monoisotopic (exact) mass is 1290 g/mol. The highest BCUT2D eigenvalue weighted by atomic mass is 16.7. The maximum atomic E-state index is 14.5. The SMILES string of the molecule is CCCCCC(CC(O)CC(=O)OC(CCCCC)CC(CC(=O)OC(CCCCC)CC(CC(=O)OC(CCCCC)CC(CC(=O)O)OC1OC(CO)C(O)C(O)C1O)OC1OC(CO)C(O)C(O)C1O)OC1OC(CO)C(O)C(O)C1O)OC(C)=O. The molecular weight excluding hydrogens is 1180 g/mol. The number of carbonyl (C=O) groups is 5. The fourth-order valence-electron chi connectivity index (χ4n) is 11.0. The second kappa shape index (κ2) is 42.7. The molecule has 3 aliphatic rings. The van der Waals surface area contributed by atoms with Crippen LogP contribution in [0.5, 0.6) is 0 Å². The third-order valence-corrected chi connectivity index (χ3v) is 16.0. The molecule has 0 amide bonds. The molecule has 3 rings (SSSR count). The smallest absolute Gasteiger partial charge is 0.308 e. The van der Waals surface area contributed by atoms with Crippen LogP contribution < -0.4 is 0 Å². The Labute approximate surface area is 520 Å². The van der Waals surface area contributed by atoms with Crippen molar-refractivity contribution in [1.82, 2.24) is 0 Å². The molecule has 29 heteroatoms. The van der Waals surface area contributed by atoms with E-state index in [1.54, 1.807) is 0 Å². The first-order valence-corrected chi connectivity index (χ1v) is 31.9. The van der Waals surface area contributed by atoms with Crippen LogP contribution in [-0.4, -0.2) is 262 Å². The minimum absolute atomic E-state index is 0.0518. The highest BCUT2D eigenvalue weighted by Crippen LogP contribution is 2.31. The number of ether oxygens (including phenoxy) is 10. The van der Waals surface area contributed by atoms with Gasteiger partial charge in [0.1, 0.15) is 97.7 Å². The fraction of sp³-hybridized carbons (Fsp3) is 0.917. The number of hydrogen-bond donors (Lipinski definition) is 14. The molecule has 0 saturated carbocycles. The molecule has 3 saturated heterocycles. The van der Waals surface area contributed by atoms with Crippen LogP contribution in [0.1, 0.15) is 189 Å². The summed E-state index contributed by atoms with van der Waals surface area (Å²) in [5.41, 5.74) is 0. The van der Waals surface area contributed by atoms with Crippen LogP contribution in [0.25, 0.3) is 0 Å². The Hall–Kier alpha value is -3.41. The van der Waals surface area contributed by atoms with E-state index in [9.17, 15) is 95.5 Å². The Bertz CT molecular complexity index is 1980. The molecule has 23 unspecified atom stereocenters.